The molecule has 0 saturated heterocycles. The van der Waals surface area contributed by atoms with Gasteiger partial charge in [-0.3, -0.25) is 0 Å². The lowest BCUT2D eigenvalue weighted by Crippen LogP contribution is -1.99. The molecule has 0 saturated carbocycles. The second-order valence-electron chi connectivity index (χ2n) is 5.40. The lowest BCUT2D eigenvalue weighted by Gasteiger charge is -2.05. The van der Waals surface area contributed by atoms with Gasteiger partial charge in [0.25, 0.3) is 0 Å². The molecule has 0 fully saturated rings. The summed E-state index contributed by atoms with van der Waals surface area (Å²) >= 11 is 0. The van der Waals surface area contributed by atoms with Crippen molar-refractivity contribution in [1.82, 2.24) is 0 Å². The standard InChI is InChI=1S/C13H13S.C7H8O3S/c1-14(12-8-4-2-5-9-12)13-10-6-3-7-11-13;1-6-2-4-7(5-3-6)11(8,9)10/h2-11H,1H3;2-5H,1H3,(H,8,9,10)/q+1;/p-1. The molecule has 0 spiro atoms. The van der Waals surface area contributed by atoms with Gasteiger partial charge in [0.2, 0.25) is 0 Å². The highest BCUT2D eigenvalue weighted by Gasteiger charge is 2.17. The molecular formula is C20H20O3S2. The molecule has 3 aromatic carbocycles. The Morgan fingerprint density at radius 2 is 1.12 bits per heavy atom. The summed E-state index contributed by atoms with van der Waals surface area (Å²) in [6, 6.07) is 27.1. The van der Waals surface area contributed by atoms with Crippen LogP contribution in [0.2, 0.25) is 0 Å². The molecule has 25 heavy (non-hydrogen) atoms. The minimum atomic E-state index is -4.27. The average molecular weight is 373 g/mol. The molecule has 0 bridgehead atoms. The Kier molecular flexibility index (Phi) is 6.82. The van der Waals surface area contributed by atoms with Crippen molar-refractivity contribution in [3.63, 3.8) is 0 Å². The van der Waals surface area contributed by atoms with E-state index in [2.05, 4.69) is 66.9 Å². The van der Waals surface area contributed by atoms with Crippen molar-refractivity contribution in [2.75, 3.05) is 6.26 Å². The highest BCUT2D eigenvalue weighted by atomic mass is 32.2. The van der Waals surface area contributed by atoms with Crippen LogP contribution in [0, 0.1) is 6.92 Å². The first-order chi connectivity index (χ1) is 11.9. The molecule has 3 aromatic rings. The number of hydrogen-bond acceptors (Lipinski definition) is 3. The third-order valence-electron chi connectivity index (χ3n) is 3.50. The van der Waals surface area contributed by atoms with Gasteiger partial charge in [0.15, 0.2) is 9.79 Å². The highest BCUT2D eigenvalue weighted by Crippen LogP contribution is 2.19. The maximum Gasteiger partial charge on any atom is 0.160 e. The van der Waals surface area contributed by atoms with E-state index in [-0.39, 0.29) is 15.8 Å². The van der Waals surface area contributed by atoms with Crippen molar-refractivity contribution in [2.45, 2.75) is 21.6 Å². The smallest absolute Gasteiger partial charge is 0.160 e. The SMILES string of the molecule is C[S+](c1ccccc1)c1ccccc1.Cc1ccc(S(=O)(=O)[O-])cc1. The van der Waals surface area contributed by atoms with Crippen LogP contribution in [0.1, 0.15) is 5.56 Å². The van der Waals surface area contributed by atoms with E-state index in [9.17, 15) is 13.0 Å². The van der Waals surface area contributed by atoms with Gasteiger partial charge in [0, 0.05) is 0 Å². The summed E-state index contributed by atoms with van der Waals surface area (Å²) in [4.78, 5) is 2.63. The Bertz CT molecular complexity index is 836. The first-order valence-electron chi connectivity index (χ1n) is 7.66. The maximum atomic E-state index is 10.4. The maximum absolute atomic E-state index is 10.4. The molecule has 5 heteroatoms. The Balaban J connectivity index is 0.000000186. The van der Waals surface area contributed by atoms with E-state index in [4.69, 9.17) is 0 Å². The van der Waals surface area contributed by atoms with E-state index >= 15 is 0 Å². The van der Waals surface area contributed by atoms with Crippen molar-refractivity contribution in [3.05, 3.63) is 90.5 Å². The van der Waals surface area contributed by atoms with Crippen LogP contribution in [-0.4, -0.2) is 19.2 Å². The number of hydrogen-bond donors (Lipinski definition) is 0. The predicted octanol–water partition coefficient (Wildman–Crippen LogP) is 4.25. The molecule has 0 aliphatic carbocycles. The summed E-state index contributed by atoms with van der Waals surface area (Å²) in [5.74, 6) is 0. The Morgan fingerprint density at radius 3 is 1.48 bits per heavy atom. The molecule has 3 rings (SSSR count). The second-order valence-corrected chi connectivity index (χ2v) is 8.75. The van der Waals surface area contributed by atoms with Crippen molar-refractivity contribution in [3.8, 4) is 0 Å². The number of benzene rings is 3. The first kappa shape index (κ1) is 19.2. The lowest BCUT2D eigenvalue weighted by molar-refractivity contribution is 0.463. The first-order valence-corrected chi connectivity index (χ1v) is 10.7. The van der Waals surface area contributed by atoms with Crippen molar-refractivity contribution >= 4 is 21.0 Å². The largest absolute Gasteiger partial charge is 0.744 e. The molecule has 130 valence electrons. The van der Waals surface area contributed by atoms with Gasteiger partial charge in [-0.15, -0.1) is 0 Å². The van der Waals surface area contributed by atoms with E-state index in [0.29, 0.717) is 0 Å². The van der Waals surface area contributed by atoms with Crippen LogP contribution < -0.4 is 0 Å². The lowest BCUT2D eigenvalue weighted by atomic mass is 10.2. The Morgan fingerprint density at radius 1 is 0.720 bits per heavy atom. The van der Waals surface area contributed by atoms with Gasteiger partial charge in [0.05, 0.1) is 15.8 Å². The minimum absolute atomic E-state index is 0.178. The molecular weight excluding hydrogens is 352 g/mol. The average Bonchev–Trinajstić information content (AvgIpc) is 2.63. The molecule has 0 heterocycles. The summed E-state index contributed by atoms with van der Waals surface area (Å²) in [6.07, 6.45) is 2.27. The van der Waals surface area contributed by atoms with Crippen LogP contribution in [0.25, 0.3) is 0 Å². The van der Waals surface area contributed by atoms with Crippen molar-refractivity contribution < 1.29 is 13.0 Å². The van der Waals surface area contributed by atoms with E-state index in [1.54, 1.807) is 12.1 Å². The zero-order valence-corrected chi connectivity index (χ0v) is 15.8. The van der Waals surface area contributed by atoms with Gasteiger partial charge in [-0.1, -0.05) is 54.1 Å². The molecule has 0 N–H and O–H groups in total. The van der Waals surface area contributed by atoms with Crippen LogP contribution in [0.15, 0.2) is 99.6 Å². The third kappa shape index (κ3) is 6.05. The predicted molar refractivity (Wildman–Crippen MR) is 102 cm³/mol. The van der Waals surface area contributed by atoms with Crippen LogP contribution in [-0.2, 0) is 21.0 Å². The molecule has 0 unspecified atom stereocenters. The van der Waals surface area contributed by atoms with Crippen molar-refractivity contribution in [2.24, 2.45) is 0 Å². The molecule has 3 nitrogen and oxygen atoms in total. The fraction of sp³-hybridized carbons (Fsp3) is 0.100. The van der Waals surface area contributed by atoms with Gasteiger partial charge >= 0.3 is 0 Å². The summed E-state index contributed by atoms with van der Waals surface area (Å²) in [5, 5.41) is 0. The highest BCUT2D eigenvalue weighted by molar-refractivity contribution is 7.96. The van der Waals surface area contributed by atoms with Gasteiger partial charge < -0.3 is 4.55 Å². The van der Waals surface area contributed by atoms with Crippen LogP contribution in [0.4, 0.5) is 0 Å². The molecule has 0 aromatic heterocycles. The summed E-state index contributed by atoms with van der Waals surface area (Å²) in [6.45, 7) is 1.82. The van der Waals surface area contributed by atoms with Gasteiger partial charge in [-0.2, -0.15) is 0 Å². The summed E-state index contributed by atoms with van der Waals surface area (Å²) < 4.78 is 31.2. The van der Waals surface area contributed by atoms with Crippen molar-refractivity contribution in [1.29, 1.82) is 0 Å². The summed E-state index contributed by atoms with van der Waals surface area (Å²) in [5.41, 5.74) is 0.928. The fourth-order valence-corrected chi connectivity index (χ4v) is 3.96. The number of aryl methyl sites for hydroxylation is 1. The van der Waals surface area contributed by atoms with Crippen LogP contribution >= 0.6 is 0 Å². The van der Waals surface area contributed by atoms with E-state index in [1.165, 1.54) is 21.9 Å². The Hall–Kier alpha value is -2.08. The summed E-state index contributed by atoms with van der Waals surface area (Å²) in [7, 11) is -4.07. The zero-order valence-electron chi connectivity index (χ0n) is 14.1. The van der Waals surface area contributed by atoms with E-state index in [1.807, 2.05) is 6.92 Å². The molecule has 0 aliphatic heterocycles. The Labute approximate surface area is 152 Å². The molecule has 0 aliphatic rings. The second kappa shape index (κ2) is 8.85. The van der Waals surface area contributed by atoms with Crippen LogP contribution in [0.3, 0.4) is 0 Å². The van der Waals surface area contributed by atoms with Gasteiger partial charge in [-0.25, -0.2) is 8.42 Å². The number of rotatable bonds is 3. The van der Waals surface area contributed by atoms with E-state index in [0.717, 1.165) is 5.56 Å². The molecule has 0 atom stereocenters. The molecule has 0 radical (unpaired) electrons. The fourth-order valence-electron chi connectivity index (χ4n) is 2.09. The minimum Gasteiger partial charge on any atom is -0.744 e. The third-order valence-corrected chi connectivity index (χ3v) is 6.31. The van der Waals surface area contributed by atoms with Gasteiger partial charge in [-0.05, 0) is 43.3 Å². The van der Waals surface area contributed by atoms with E-state index < -0.39 is 10.1 Å². The van der Waals surface area contributed by atoms with Gasteiger partial charge in [0.1, 0.15) is 16.4 Å². The molecule has 0 amide bonds. The zero-order chi connectivity index (χ0) is 18.3. The van der Waals surface area contributed by atoms with Crippen LogP contribution in [0.5, 0.6) is 0 Å². The topological polar surface area (TPSA) is 57.2 Å². The normalized spacial score (nSPS) is 10.9. The quantitative estimate of drug-likeness (QED) is 0.510. The monoisotopic (exact) mass is 372 g/mol.